The Labute approximate surface area is 188 Å². The first-order valence-corrected chi connectivity index (χ1v) is 12.1. The number of hydrogen-bond acceptors (Lipinski definition) is 4. The monoisotopic (exact) mass is 437 g/mol. The molecule has 0 aliphatic heterocycles. The Hall–Kier alpha value is -2.42. The molecule has 3 rings (SSSR count). The van der Waals surface area contributed by atoms with Gasteiger partial charge in [-0.05, 0) is 73.3 Å². The van der Waals surface area contributed by atoms with E-state index in [4.69, 9.17) is 5.11 Å². The molecule has 31 heavy (non-hydrogen) atoms. The second kappa shape index (κ2) is 11.3. The average Bonchev–Trinajstić information content (AvgIpc) is 3.41. The van der Waals surface area contributed by atoms with Gasteiger partial charge in [0.2, 0.25) is 0 Å². The van der Waals surface area contributed by atoms with Crippen LogP contribution in [0.3, 0.4) is 0 Å². The zero-order chi connectivity index (χ0) is 22.2. The number of carboxylic acids is 1. The smallest absolute Gasteiger partial charge is 0.345 e. The summed E-state index contributed by atoms with van der Waals surface area (Å²) in [6.45, 7) is 2.16. The highest BCUT2D eigenvalue weighted by molar-refractivity contribution is 7.13. The van der Waals surface area contributed by atoms with Crippen molar-refractivity contribution in [2.24, 2.45) is 5.92 Å². The Morgan fingerprint density at radius 2 is 1.97 bits per heavy atom. The molecule has 2 N–H and O–H groups in total. The number of nitriles is 1. The predicted octanol–water partition coefficient (Wildman–Crippen LogP) is 6.77. The van der Waals surface area contributed by atoms with E-state index in [1.54, 1.807) is 6.07 Å². The lowest BCUT2D eigenvalue weighted by atomic mass is 9.88. The third-order valence-electron chi connectivity index (χ3n) is 6.15. The van der Waals surface area contributed by atoms with Crippen molar-refractivity contribution < 1.29 is 15.0 Å². The maximum atomic E-state index is 11.1. The molecule has 0 saturated carbocycles. The van der Waals surface area contributed by atoms with Crippen LogP contribution in [0.5, 0.6) is 0 Å². The van der Waals surface area contributed by atoms with Crippen molar-refractivity contribution in [1.29, 1.82) is 5.26 Å². The first kappa shape index (κ1) is 23.2. The van der Waals surface area contributed by atoms with E-state index in [0.29, 0.717) is 10.8 Å². The van der Waals surface area contributed by atoms with Gasteiger partial charge in [-0.25, -0.2) is 4.79 Å². The van der Waals surface area contributed by atoms with Crippen molar-refractivity contribution in [2.75, 3.05) is 0 Å². The van der Waals surface area contributed by atoms with Gasteiger partial charge in [-0.3, -0.25) is 0 Å². The fraction of sp³-hybridized carbons (Fsp3) is 0.462. The van der Waals surface area contributed by atoms with Crippen LogP contribution < -0.4 is 0 Å². The number of allylic oxidation sites excluding steroid dienone is 2. The van der Waals surface area contributed by atoms with E-state index in [1.807, 2.05) is 18.2 Å². The fourth-order valence-electron chi connectivity index (χ4n) is 4.45. The molecule has 5 heteroatoms. The lowest BCUT2D eigenvalue weighted by molar-refractivity contribution is 0.0702. The molecule has 2 aromatic rings. The molecule has 2 atom stereocenters. The molecule has 0 amide bonds. The van der Waals surface area contributed by atoms with E-state index < -0.39 is 12.1 Å². The molecular weight excluding hydrogens is 406 g/mol. The SMILES string of the molecule is CCCCC[C@H](O)c1ccc(C2=C(C#N)CC[C@@H]2CCCc2ccc(C(=O)O)s2)cc1. The zero-order valence-corrected chi connectivity index (χ0v) is 19.0. The molecule has 0 bridgehead atoms. The summed E-state index contributed by atoms with van der Waals surface area (Å²) in [7, 11) is 0. The van der Waals surface area contributed by atoms with Crippen molar-refractivity contribution in [3.05, 3.63) is 62.9 Å². The lowest BCUT2D eigenvalue weighted by Gasteiger charge is -2.17. The number of aromatic carboxylic acids is 1. The summed E-state index contributed by atoms with van der Waals surface area (Å²) in [6.07, 6.45) is 8.31. The predicted molar refractivity (Wildman–Crippen MR) is 125 cm³/mol. The first-order valence-electron chi connectivity index (χ1n) is 11.3. The van der Waals surface area contributed by atoms with Gasteiger partial charge >= 0.3 is 5.97 Å². The van der Waals surface area contributed by atoms with Gasteiger partial charge in [-0.1, -0.05) is 50.5 Å². The van der Waals surface area contributed by atoms with Crippen molar-refractivity contribution in [3.8, 4) is 6.07 Å². The maximum Gasteiger partial charge on any atom is 0.345 e. The number of benzene rings is 1. The minimum atomic E-state index is -0.866. The number of rotatable bonds is 11. The minimum absolute atomic E-state index is 0.355. The Balaban J connectivity index is 1.63. The number of aliphatic hydroxyl groups excluding tert-OH is 1. The molecule has 4 nitrogen and oxygen atoms in total. The highest BCUT2D eigenvalue weighted by Gasteiger charge is 2.26. The Morgan fingerprint density at radius 1 is 1.19 bits per heavy atom. The van der Waals surface area contributed by atoms with Crippen molar-refractivity contribution >= 4 is 22.9 Å². The number of hydrogen-bond donors (Lipinski definition) is 2. The number of carbonyl (C=O) groups is 1. The second-order valence-electron chi connectivity index (χ2n) is 8.34. The van der Waals surface area contributed by atoms with Gasteiger partial charge in [0.25, 0.3) is 0 Å². The molecule has 0 saturated heterocycles. The minimum Gasteiger partial charge on any atom is -0.477 e. The van der Waals surface area contributed by atoms with Gasteiger partial charge < -0.3 is 10.2 Å². The molecule has 0 fully saturated rings. The van der Waals surface area contributed by atoms with E-state index >= 15 is 0 Å². The van der Waals surface area contributed by atoms with Crippen LogP contribution in [0, 0.1) is 17.2 Å². The molecule has 0 spiro atoms. The lowest BCUT2D eigenvalue weighted by Crippen LogP contribution is -2.02. The number of unbranched alkanes of at least 4 members (excludes halogenated alkanes) is 2. The van der Waals surface area contributed by atoms with E-state index in [2.05, 4.69) is 25.1 Å². The van der Waals surface area contributed by atoms with Gasteiger partial charge in [0, 0.05) is 10.5 Å². The summed E-state index contributed by atoms with van der Waals surface area (Å²) in [5.74, 6) is -0.510. The highest BCUT2D eigenvalue weighted by atomic mass is 32.1. The Morgan fingerprint density at radius 3 is 2.61 bits per heavy atom. The third-order valence-corrected chi connectivity index (χ3v) is 7.28. The van der Waals surface area contributed by atoms with Crippen LogP contribution >= 0.6 is 11.3 Å². The quantitative estimate of drug-likeness (QED) is 0.380. The van der Waals surface area contributed by atoms with E-state index in [0.717, 1.165) is 84.9 Å². The summed E-state index contributed by atoms with van der Waals surface area (Å²) in [5.41, 5.74) is 4.07. The Bertz CT molecular complexity index is 952. The summed E-state index contributed by atoms with van der Waals surface area (Å²) >= 11 is 1.35. The second-order valence-corrected chi connectivity index (χ2v) is 9.50. The zero-order valence-electron chi connectivity index (χ0n) is 18.1. The summed E-state index contributed by atoms with van der Waals surface area (Å²) in [5, 5.41) is 29.1. The molecule has 1 aromatic carbocycles. The standard InChI is InChI=1S/C26H31NO3S/c1-2-3-4-8-23(28)18-9-11-20(12-10-18)25-19(13-14-21(25)17-27)6-5-7-22-15-16-24(31-22)26(29)30/h9-12,15-16,19,23,28H,2-8,13-14H2,1H3,(H,29,30)/t19-,23-/m0/s1. The normalized spacial score (nSPS) is 17.0. The van der Waals surface area contributed by atoms with Gasteiger partial charge in [0.15, 0.2) is 0 Å². The molecule has 0 radical (unpaired) electrons. The number of aryl methyl sites for hydroxylation is 1. The van der Waals surface area contributed by atoms with Gasteiger partial charge in [-0.15, -0.1) is 11.3 Å². The molecule has 1 aliphatic rings. The molecule has 0 unspecified atom stereocenters. The van der Waals surface area contributed by atoms with Gasteiger partial charge in [0.05, 0.1) is 12.2 Å². The van der Waals surface area contributed by atoms with Gasteiger partial charge in [0.1, 0.15) is 4.88 Å². The third kappa shape index (κ3) is 6.06. The van der Waals surface area contributed by atoms with Crippen molar-refractivity contribution in [3.63, 3.8) is 0 Å². The summed E-state index contributed by atoms with van der Waals surface area (Å²) < 4.78 is 0. The van der Waals surface area contributed by atoms with Crippen molar-refractivity contribution in [2.45, 2.75) is 70.8 Å². The van der Waals surface area contributed by atoms with E-state index in [-0.39, 0.29) is 0 Å². The van der Waals surface area contributed by atoms with Gasteiger partial charge in [-0.2, -0.15) is 5.26 Å². The molecule has 1 aliphatic carbocycles. The van der Waals surface area contributed by atoms with Crippen LogP contribution in [0.4, 0.5) is 0 Å². The van der Waals surface area contributed by atoms with Crippen LogP contribution in [-0.4, -0.2) is 16.2 Å². The number of thiophene rings is 1. The van der Waals surface area contributed by atoms with Crippen LogP contribution in [-0.2, 0) is 6.42 Å². The first-order chi connectivity index (χ1) is 15.0. The fourth-order valence-corrected chi connectivity index (χ4v) is 5.34. The van der Waals surface area contributed by atoms with Crippen molar-refractivity contribution in [1.82, 2.24) is 0 Å². The summed E-state index contributed by atoms with van der Waals surface area (Å²) in [4.78, 5) is 12.5. The van der Waals surface area contributed by atoms with Crippen LogP contribution in [0.1, 0.15) is 90.1 Å². The Kier molecular flexibility index (Phi) is 8.45. The molecular formula is C26H31NO3S. The topological polar surface area (TPSA) is 81.3 Å². The van der Waals surface area contributed by atoms with E-state index in [1.165, 1.54) is 11.3 Å². The largest absolute Gasteiger partial charge is 0.477 e. The van der Waals surface area contributed by atoms with E-state index in [9.17, 15) is 15.2 Å². The van der Waals surface area contributed by atoms with Crippen LogP contribution in [0.25, 0.3) is 5.57 Å². The average molecular weight is 438 g/mol. The number of aliphatic hydroxyl groups is 1. The molecule has 1 aromatic heterocycles. The van der Waals surface area contributed by atoms with Crippen LogP contribution in [0.15, 0.2) is 42.0 Å². The highest BCUT2D eigenvalue weighted by Crippen LogP contribution is 2.41. The number of carboxylic acid groups (broad SMARTS) is 1. The number of nitrogens with zero attached hydrogens (tertiary/aromatic N) is 1. The molecule has 164 valence electrons. The summed E-state index contributed by atoms with van der Waals surface area (Å²) in [6, 6.07) is 14.1. The maximum absolute atomic E-state index is 11.1. The molecule has 1 heterocycles. The van der Waals surface area contributed by atoms with Crippen LogP contribution in [0.2, 0.25) is 0 Å².